The molecule has 4 heterocycles. The molecule has 5 rings (SSSR count). The number of piperidine rings is 1. The molecule has 0 bridgehead atoms. The highest BCUT2D eigenvalue weighted by molar-refractivity contribution is 7.17. The summed E-state index contributed by atoms with van der Waals surface area (Å²) in [6.07, 6.45) is 3.76. The molecule has 1 aliphatic heterocycles. The van der Waals surface area contributed by atoms with Gasteiger partial charge < -0.3 is 29.6 Å². The van der Waals surface area contributed by atoms with Crippen molar-refractivity contribution in [2.75, 3.05) is 30.8 Å². The molecule has 1 aromatic carbocycles. The minimum atomic E-state index is -0.318. The molecule has 3 aromatic heterocycles. The molecule has 4 aromatic rings. The number of carbonyl (C=O) groups is 3. The third-order valence-corrected chi connectivity index (χ3v) is 7.50. The summed E-state index contributed by atoms with van der Waals surface area (Å²) >= 11 is 1.58. The van der Waals surface area contributed by atoms with Gasteiger partial charge in [-0.15, -0.1) is 11.3 Å². The van der Waals surface area contributed by atoms with Crippen LogP contribution in [0, 0.1) is 0 Å². The third kappa shape index (κ3) is 9.92. The number of fused-ring (bicyclic) bond motifs is 1. The van der Waals surface area contributed by atoms with E-state index < -0.39 is 0 Å². The zero-order valence-corrected chi connectivity index (χ0v) is 27.4. The van der Waals surface area contributed by atoms with Gasteiger partial charge in [-0.2, -0.15) is 0 Å². The molecule has 0 saturated carbocycles. The lowest BCUT2D eigenvalue weighted by Crippen LogP contribution is -2.35. The van der Waals surface area contributed by atoms with Crippen LogP contribution >= 0.6 is 11.3 Å². The first-order valence-electron chi connectivity index (χ1n) is 14.7. The van der Waals surface area contributed by atoms with Crippen molar-refractivity contribution in [1.82, 2.24) is 14.5 Å². The van der Waals surface area contributed by atoms with Crippen molar-refractivity contribution in [2.45, 2.75) is 59.2 Å². The molecule has 2 amide bonds. The van der Waals surface area contributed by atoms with Gasteiger partial charge in [-0.05, 0) is 94.6 Å². The van der Waals surface area contributed by atoms with Crippen molar-refractivity contribution < 1.29 is 23.9 Å². The van der Waals surface area contributed by atoms with Crippen LogP contribution in [0.1, 0.15) is 68.3 Å². The third-order valence-electron chi connectivity index (χ3n) is 6.64. The number of likely N-dealkylation sites (tertiary alicyclic amines) is 1. The first kappa shape index (κ1) is 34.3. The zero-order valence-electron chi connectivity index (χ0n) is 26.5. The van der Waals surface area contributed by atoms with Crippen LogP contribution in [0.15, 0.2) is 60.1 Å². The number of hydrogen-bond donors (Lipinski definition) is 2. The van der Waals surface area contributed by atoms with Crippen molar-refractivity contribution in [3.05, 3.63) is 71.4 Å². The van der Waals surface area contributed by atoms with Gasteiger partial charge in [-0.3, -0.25) is 14.4 Å². The van der Waals surface area contributed by atoms with E-state index in [2.05, 4.69) is 32.3 Å². The summed E-state index contributed by atoms with van der Waals surface area (Å²) in [5, 5.41) is 7.67. The van der Waals surface area contributed by atoms with Gasteiger partial charge >= 0.3 is 0 Å². The Bertz CT molecular complexity index is 1520. The highest BCUT2D eigenvalue weighted by atomic mass is 32.1. The molecule has 44 heavy (non-hydrogen) atoms. The van der Waals surface area contributed by atoms with Gasteiger partial charge in [0, 0.05) is 37.6 Å². The summed E-state index contributed by atoms with van der Waals surface area (Å²) in [5.74, 6) is 0.550. The van der Waals surface area contributed by atoms with Gasteiger partial charge in [0.2, 0.25) is 0 Å². The van der Waals surface area contributed by atoms with E-state index in [-0.39, 0.29) is 23.5 Å². The molecule has 11 heteroatoms. The van der Waals surface area contributed by atoms with Crippen molar-refractivity contribution in [2.24, 2.45) is 7.05 Å². The van der Waals surface area contributed by atoms with Gasteiger partial charge in [-0.1, -0.05) is 13.8 Å². The molecule has 1 saturated heterocycles. The SMILES string of the molecule is CC.CC(C)(C)OC=O.CN1CCC(Oc2ccc(NC(=O)c3ccnc(NC(=O)c4cc5sccc5n4C)c3)cc2)CC1. The normalized spacial score (nSPS) is 13.5. The van der Waals surface area contributed by atoms with Crippen LogP contribution in [0.2, 0.25) is 0 Å². The number of aromatic nitrogens is 2. The predicted octanol–water partition coefficient (Wildman–Crippen LogP) is 6.60. The minimum absolute atomic E-state index is 0.226. The van der Waals surface area contributed by atoms with E-state index in [0.717, 1.165) is 41.9 Å². The molecule has 0 spiro atoms. The molecule has 0 aliphatic carbocycles. The number of anilines is 2. The number of thiophene rings is 1. The number of amides is 2. The van der Waals surface area contributed by atoms with Gasteiger partial charge in [0.1, 0.15) is 29.0 Å². The highest BCUT2D eigenvalue weighted by Crippen LogP contribution is 2.25. The molecule has 1 fully saturated rings. The number of carbonyl (C=O) groups excluding carboxylic acids is 3. The smallest absolute Gasteiger partial charge is 0.293 e. The lowest BCUT2D eigenvalue weighted by Gasteiger charge is -2.29. The van der Waals surface area contributed by atoms with E-state index >= 15 is 0 Å². The summed E-state index contributed by atoms with van der Waals surface area (Å²) in [6, 6.07) is 14.4. The molecule has 0 unspecified atom stereocenters. The molecule has 10 nitrogen and oxygen atoms in total. The Balaban J connectivity index is 0.000000520. The lowest BCUT2D eigenvalue weighted by molar-refractivity contribution is -0.138. The number of nitrogens with zero attached hydrogens (tertiary/aromatic N) is 3. The summed E-state index contributed by atoms with van der Waals surface area (Å²) in [4.78, 5) is 41.7. The Morgan fingerprint density at radius 2 is 1.66 bits per heavy atom. The first-order valence-corrected chi connectivity index (χ1v) is 15.6. The Morgan fingerprint density at radius 3 is 2.25 bits per heavy atom. The highest BCUT2D eigenvalue weighted by Gasteiger charge is 2.18. The summed E-state index contributed by atoms with van der Waals surface area (Å²) in [6.45, 7) is 12.0. The Morgan fingerprint density at radius 1 is 0.977 bits per heavy atom. The molecular formula is C33H43N5O5S. The molecule has 236 valence electrons. The molecule has 1 aliphatic rings. The fourth-order valence-electron chi connectivity index (χ4n) is 4.35. The van der Waals surface area contributed by atoms with Crippen LogP contribution in [0.25, 0.3) is 10.2 Å². The monoisotopic (exact) mass is 621 g/mol. The second kappa shape index (κ2) is 16.0. The fourth-order valence-corrected chi connectivity index (χ4v) is 5.20. The second-order valence-electron chi connectivity index (χ2n) is 11.1. The standard InChI is InChI=1S/C26H27N5O3S.C5H10O2.C2H6/c1-30-12-8-20(9-13-30)34-19-5-3-18(4-6-19)28-25(32)17-7-11-27-24(15-17)29-26(33)22-16-23-21(31(22)2)10-14-35-23;1-5(2,3)7-4-6;1-2/h3-7,10-11,14-16,20H,8-9,12-13H2,1-2H3,(H,28,32)(H,27,29,33);4H,1-3H3;1-2H3. The summed E-state index contributed by atoms with van der Waals surface area (Å²) in [5.41, 5.74) is 2.28. The number of benzene rings is 1. The average Bonchev–Trinajstić information content (AvgIpc) is 3.59. The van der Waals surface area contributed by atoms with E-state index in [1.165, 1.54) is 6.20 Å². The summed E-state index contributed by atoms with van der Waals surface area (Å²) < 4.78 is 13.5. The maximum absolute atomic E-state index is 12.8. The largest absolute Gasteiger partial charge is 0.490 e. The van der Waals surface area contributed by atoms with E-state index in [1.54, 1.807) is 23.5 Å². The summed E-state index contributed by atoms with van der Waals surface area (Å²) in [7, 11) is 3.98. The van der Waals surface area contributed by atoms with Gasteiger partial charge in [0.15, 0.2) is 0 Å². The van der Waals surface area contributed by atoms with Gasteiger partial charge in [0.25, 0.3) is 18.3 Å². The number of ether oxygens (including phenoxy) is 2. The first-order chi connectivity index (χ1) is 21.0. The van der Waals surface area contributed by atoms with Gasteiger partial charge in [-0.25, -0.2) is 4.98 Å². The van der Waals surface area contributed by atoms with Crippen LogP contribution in [0.4, 0.5) is 11.5 Å². The Labute approximate surface area is 263 Å². The van der Waals surface area contributed by atoms with E-state index in [0.29, 0.717) is 29.2 Å². The average molecular weight is 622 g/mol. The van der Waals surface area contributed by atoms with E-state index in [4.69, 9.17) is 4.74 Å². The quantitative estimate of drug-likeness (QED) is 0.224. The molecule has 2 N–H and O–H groups in total. The predicted molar refractivity (Wildman–Crippen MR) is 177 cm³/mol. The van der Waals surface area contributed by atoms with Crippen molar-refractivity contribution >= 4 is 51.3 Å². The topological polar surface area (TPSA) is 115 Å². The van der Waals surface area contributed by atoms with Crippen LogP contribution in [0.5, 0.6) is 5.75 Å². The number of rotatable bonds is 7. The zero-order chi connectivity index (χ0) is 32.3. The van der Waals surface area contributed by atoms with E-state index in [9.17, 15) is 14.4 Å². The second-order valence-corrected chi connectivity index (χ2v) is 12.0. The number of hydrogen-bond acceptors (Lipinski definition) is 8. The minimum Gasteiger partial charge on any atom is -0.490 e. The van der Waals surface area contributed by atoms with Crippen LogP contribution in [-0.4, -0.2) is 64.6 Å². The molecule has 0 atom stereocenters. The molecular weight excluding hydrogens is 578 g/mol. The lowest BCUT2D eigenvalue weighted by atomic mass is 10.1. The Kier molecular flexibility index (Phi) is 12.5. The maximum Gasteiger partial charge on any atom is 0.293 e. The van der Waals surface area contributed by atoms with Crippen molar-refractivity contribution in [1.29, 1.82) is 0 Å². The number of pyridine rings is 1. The number of nitrogens with one attached hydrogen (secondary N) is 2. The number of aryl methyl sites for hydroxylation is 1. The van der Waals surface area contributed by atoms with Crippen molar-refractivity contribution in [3.8, 4) is 5.75 Å². The maximum atomic E-state index is 12.8. The van der Waals surface area contributed by atoms with Crippen LogP contribution in [-0.2, 0) is 16.6 Å². The van der Waals surface area contributed by atoms with Crippen LogP contribution in [0.3, 0.4) is 0 Å². The fraction of sp³-hybridized carbons (Fsp3) is 0.394. The Hall–Kier alpha value is -4.22. The van der Waals surface area contributed by atoms with Crippen molar-refractivity contribution in [3.63, 3.8) is 0 Å². The van der Waals surface area contributed by atoms with E-state index in [1.807, 2.05) is 88.0 Å². The molecule has 0 radical (unpaired) electrons. The van der Waals surface area contributed by atoms with Gasteiger partial charge in [0.05, 0.1) is 10.2 Å². The van der Waals surface area contributed by atoms with Crippen LogP contribution < -0.4 is 15.4 Å².